The Hall–Kier alpha value is -2.56. The van der Waals surface area contributed by atoms with E-state index < -0.39 is 0 Å². The van der Waals surface area contributed by atoms with Gasteiger partial charge in [0.25, 0.3) is 11.1 Å². The van der Waals surface area contributed by atoms with Crippen molar-refractivity contribution >= 4 is 10.8 Å². The van der Waals surface area contributed by atoms with Crippen LogP contribution < -0.4 is 11.1 Å². The van der Waals surface area contributed by atoms with Gasteiger partial charge in [-0.1, -0.05) is 43.7 Å². The van der Waals surface area contributed by atoms with Crippen molar-refractivity contribution in [1.29, 1.82) is 0 Å². The number of fused-ring (bicyclic) bond motifs is 1. The van der Waals surface area contributed by atoms with Gasteiger partial charge in [0, 0.05) is 25.0 Å². The smallest absolute Gasteiger partial charge is 0.275 e. The maximum Gasteiger partial charge on any atom is 0.275 e. The highest BCUT2D eigenvalue weighted by Gasteiger charge is 2.20. The first kappa shape index (κ1) is 17.3. The molecule has 1 aromatic carbocycles. The molecular formula is C20H25N3O2. The molecule has 0 bridgehead atoms. The molecule has 2 aromatic heterocycles. The first-order valence-corrected chi connectivity index (χ1v) is 8.80. The Morgan fingerprint density at radius 3 is 2.12 bits per heavy atom. The van der Waals surface area contributed by atoms with Crippen molar-refractivity contribution in [3.63, 3.8) is 0 Å². The van der Waals surface area contributed by atoms with E-state index in [1.54, 1.807) is 7.05 Å². The summed E-state index contributed by atoms with van der Waals surface area (Å²) in [5.41, 5.74) is 2.58. The van der Waals surface area contributed by atoms with E-state index in [1.165, 1.54) is 9.36 Å². The van der Waals surface area contributed by atoms with E-state index in [2.05, 4.69) is 11.5 Å². The minimum absolute atomic E-state index is 0.100. The summed E-state index contributed by atoms with van der Waals surface area (Å²) >= 11 is 0. The first-order valence-electron chi connectivity index (χ1n) is 8.80. The second-order valence-electron chi connectivity index (χ2n) is 6.60. The average molecular weight is 339 g/mol. The van der Waals surface area contributed by atoms with Gasteiger partial charge in [-0.2, -0.15) is 0 Å². The van der Waals surface area contributed by atoms with Gasteiger partial charge in [0.2, 0.25) is 0 Å². The molecule has 0 amide bonds. The Morgan fingerprint density at radius 1 is 0.920 bits per heavy atom. The van der Waals surface area contributed by atoms with Crippen LogP contribution in [0.3, 0.4) is 0 Å². The fourth-order valence-electron chi connectivity index (χ4n) is 3.53. The number of hydrogen-bond acceptors (Lipinski definition) is 2. The fourth-order valence-corrected chi connectivity index (χ4v) is 3.53. The highest BCUT2D eigenvalue weighted by molar-refractivity contribution is 5.86. The van der Waals surface area contributed by atoms with Crippen molar-refractivity contribution in [2.24, 2.45) is 7.05 Å². The maximum absolute atomic E-state index is 13.2. The van der Waals surface area contributed by atoms with Gasteiger partial charge in [0.05, 0.1) is 17.3 Å². The van der Waals surface area contributed by atoms with Gasteiger partial charge in [0.15, 0.2) is 0 Å². The van der Waals surface area contributed by atoms with E-state index in [1.807, 2.05) is 44.2 Å². The lowest BCUT2D eigenvalue weighted by Gasteiger charge is -2.12. The van der Waals surface area contributed by atoms with Crippen LogP contribution in [-0.4, -0.2) is 13.9 Å². The highest BCUT2D eigenvalue weighted by Crippen LogP contribution is 2.20. The van der Waals surface area contributed by atoms with Crippen molar-refractivity contribution in [3.05, 3.63) is 68.0 Å². The van der Waals surface area contributed by atoms with E-state index in [-0.39, 0.29) is 11.1 Å². The number of unbranched alkanes of at least 4 members (excludes halogenated alkanes) is 1. The summed E-state index contributed by atoms with van der Waals surface area (Å²) < 4.78 is 5.11. The second kappa shape index (κ2) is 6.75. The lowest BCUT2D eigenvalue weighted by atomic mass is 10.2. The van der Waals surface area contributed by atoms with E-state index in [9.17, 15) is 9.59 Å². The highest BCUT2D eigenvalue weighted by atomic mass is 16.2. The van der Waals surface area contributed by atoms with Crippen molar-refractivity contribution in [2.75, 3.05) is 0 Å². The van der Waals surface area contributed by atoms with Gasteiger partial charge in [0.1, 0.15) is 0 Å². The van der Waals surface area contributed by atoms with Crippen LogP contribution >= 0.6 is 0 Å². The second-order valence-corrected chi connectivity index (χ2v) is 6.60. The van der Waals surface area contributed by atoms with Crippen molar-refractivity contribution in [3.8, 4) is 0 Å². The molecule has 3 aromatic rings. The fraction of sp³-hybridized carbons (Fsp3) is 0.400. The zero-order valence-corrected chi connectivity index (χ0v) is 15.4. The molecule has 132 valence electrons. The van der Waals surface area contributed by atoms with Crippen molar-refractivity contribution < 1.29 is 0 Å². The molecule has 0 radical (unpaired) electrons. The number of aryl methyl sites for hydroxylation is 2. The van der Waals surface area contributed by atoms with Crippen LogP contribution in [0.15, 0.2) is 39.9 Å². The summed E-state index contributed by atoms with van der Waals surface area (Å²) in [6, 6.07) is 9.74. The summed E-state index contributed by atoms with van der Waals surface area (Å²) in [4.78, 5) is 26.1. The van der Waals surface area contributed by atoms with E-state index in [0.717, 1.165) is 36.3 Å². The van der Waals surface area contributed by atoms with Crippen LogP contribution in [0.1, 0.15) is 36.7 Å². The zero-order chi connectivity index (χ0) is 18.1. The standard InChI is InChI=1S/C20H25N3O2/c1-5-6-12-22-14(2)17-18(15(22)3)20(25)23(21(4)19(17)24)13-16-10-8-7-9-11-16/h7-11H,5-6,12-13H2,1-4H3. The minimum atomic E-state index is -0.110. The van der Waals surface area contributed by atoms with Gasteiger partial charge in [-0.25, -0.2) is 9.36 Å². The summed E-state index contributed by atoms with van der Waals surface area (Å²) in [5, 5.41) is 1.12. The van der Waals surface area contributed by atoms with Crippen LogP contribution in [0.25, 0.3) is 10.8 Å². The topological polar surface area (TPSA) is 48.9 Å². The van der Waals surface area contributed by atoms with E-state index in [0.29, 0.717) is 17.3 Å². The van der Waals surface area contributed by atoms with Crippen LogP contribution in [0.4, 0.5) is 0 Å². The Morgan fingerprint density at radius 2 is 1.52 bits per heavy atom. The first-order chi connectivity index (χ1) is 12.0. The SMILES string of the molecule is CCCCn1c(C)c2c(=O)n(C)n(Cc3ccccc3)c(=O)c2c1C. The molecule has 0 spiro atoms. The molecule has 3 rings (SSSR count). The van der Waals surface area contributed by atoms with Crippen molar-refractivity contribution in [2.45, 2.75) is 46.7 Å². The molecule has 0 saturated carbocycles. The minimum Gasteiger partial charge on any atom is -0.348 e. The maximum atomic E-state index is 13.2. The number of aromatic nitrogens is 3. The Labute approximate surface area is 147 Å². The molecule has 0 atom stereocenters. The molecule has 0 aliphatic carbocycles. The Balaban J connectivity index is 2.26. The van der Waals surface area contributed by atoms with Crippen LogP contribution in [0.5, 0.6) is 0 Å². The molecule has 0 fully saturated rings. The van der Waals surface area contributed by atoms with Gasteiger partial charge in [-0.15, -0.1) is 0 Å². The number of benzene rings is 1. The quantitative estimate of drug-likeness (QED) is 0.717. The lowest BCUT2D eigenvalue weighted by Crippen LogP contribution is -2.37. The third-order valence-electron chi connectivity index (χ3n) is 5.01. The molecule has 0 aliphatic heterocycles. The third-order valence-corrected chi connectivity index (χ3v) is 5.01. The van der Waals surface area contributed by atoms with Gasteiger partial charge >= 0.3 is 0 Å². The van der Waals surface area contributed by atoms with Gasteiger partial charge in [-0.3, -0.25) is 9.59 Å². The average Bonchev–Trinajstić information content (AvgIpc) is 2.86. The zero-order valence-electron chi connectivity index (χ0n) is 15.4. The molecule has 2 heterocycles. The molecular weight excluding hydrogens is 314 g/mol. The van der Waals surface area contributed by atoms with E-state index >= 15 is 0 Å². The lowest BCUT2D eigenvalue weighted by molar-refractivity contribution is 0.504. The Kier molecular flexibility index (Phi) is 4.66. The molecule has 25 heavy (non-hydrogen) atoms. The Bertz CT molecular complexity index is 1020. The number of rotatable bonds is 5. The summed E-state index contributed by atoms with van der Waals surface area (Å²) in [6.07, 6.45) is 2.10. The summed E-state index contributed by atoms with van der Waals surface area (Å²) in [6.45, 7) is 7.25. The van der Waals surface area contributed by atoms with Crippen LogP contribution in [0.2, 0.25) is 0 Å². The molecule has 5 nitrogen and oxygen atoms in total. The van der Waals surface area contributed by atoms with Crippen molar-refractivity contribution in [1.82, 2.24) is 13.9 Å². The molecule has 0 saturated heterocycles. The van der Waals surface area contributed by atoms with Crippen LogP contribution in [-0.2, 0) is 20.1 Å². The predicted molar refractivity (Wildman–Crippen MR) is 101 cm³/mol. The third kappa shape index (κ3) is 2.84. The normalized spacial score (nSPS) is 11.4. The van der Waals surface area contributed by atoms with Gasteiger partial charge in [-0.05, 0) is 25.8 Å². The largest absolute Gasteiger partial charge is 0.348 e. The molecule has 5 heteroatoms. The monoisotopic (exact) mass is 339 g/mol. The van der Waals surface area contributed by atoms with Gasteiger partial charge < -0.3 is 4.57 Å². The van der Waals surface area contributed by atoms with Crippen LogP contribution in [0, 0.1) is 13.8 Å². The molecule has 0 N–H and O–H groups in total. The summed E-state index contributed by atoms with van der Waals surface area (Å²) in [7, 11) is 1.67. The number of hydrogen-bond donors (Lipinski definition) is 0. The molecule has 0 aliphatic rings. The summed E-state index contributed by atoms with van der Waals surface area (Å²) in [5.74, 6) is 0. The molecule has 0 unspecified atom stereocenters. The number of nitrogens with zero attached hydrogens (tertiary/aromatic N) is 3. The predicted octanol–water partition coefficient (Wildman–Crippen LogP) is 2.97. The van der Waals surface area contributed by atoms with E-state index in [4.69, 9.17) is 0 Å².